The van der Waals surface area contributed by atoms with Gasteiger partial charge in [0.1, 0.15) is 18.1 Å². The second-order valence-corrected chi connectivity index (χ2v) is 8.75. The van der Waals surface area contributed by atoms with Gasteiger partial charge in [-0.15, -0.1) is 0 Å². The largest absolute Gasteiger partial charge is 0.494 e. The first-order valence-electron chi connectivity index (χ1n) is 12.7. The molecule has 4 aromatic carbocycles. The van der Waals surface area contributed by atoms with Gasteiger partial charge in [0.05, 0.1) is 25.5 Å². The van der Waals surface area contributed by atoms with Crippen LogP contribution in [0.25, 0.3) is 0 Å². The van der Waals surface area contributed by atoms with Crippen molar-refractivity contribution in [2.24, 2.45) is 5.10 Å². The van der Waals surface area contributed by atoms with Gasteiger partial charge in [-0.3, -0.25) is 4.79 Å². The number of amides is 1. The number of hydrogen-bond donors (Lipinski definition) is 1. The average Bonchev–Trinajstić information content (AvgIpc) is 2.98. The van der Waals surface area contributed by atoms with Crippen molar-refractivity contribution in [3.63, 3.8) is 0 Å². The quantitative estimate of drug-likeness (QED) is 0.110. The number of aryl methyl sites for hydroxylation is 1. The molecule has 0 aliphatic carbocycles. The molecule has 204 valence electrons. The average molecular weight is 539 g/mol. The Hall–Kier alpha value is -5.11. The molecule has 0 bridgehead atoms. The second kappa shape index (κ2) is 13.6. The summed E-state index contributed by atoms with van der Waals surface area (Å²) in [7, 11) is 1.47. The van der Waals surface area contributed by atoms with Crippen molar-refractivity contribution in [2.75, 3.05) is 13.7 Å². The Kier molecular flexibility index (Phi) is 9.50. The summed E-state index contributed by atoms with van der Waals surface area (Å²) in [5.41, 5.74) is 6.22. The van der Waals surface area contributed by atoms with E-state index in [1.165, 1.54) is 18.9 Å². The molecule has 0 radical (unpaired) electrons. The van der Waals surface area contributed by atoms with Gasteiger partial charge in [-0.25, -0.2) is 10.2 Å². The van der Waals surface area contributed by atoms with Crippen LogP contribution in [0.3, 0.4) is 0 Å². The van der Waals surface area contributed by atoms with E-state index >= 15 is 0 Å². The van der Waals surface area contributed by atoms with Gasteiger partial charge in [-0.2, -0.15) is 5.10 Å². The summed E-state index contributed by atoms with van der Waals surface area (Å²) in [4.78, 5) is 25.0. The molecule has 0 aromatic heterocycles. The molecule has 1 N–H and O–H groups in total. The Morgan fingerprint density at radius 2 is 1.45 bits per heavy atom. The number of nitrogens with zero attached hydrogens (tertiary/aromatic N) is 1. The third kappa shape index (κ3) is 7.70. The molecule has 0 saturated heterocycles. The molecule has 0 atom stereocenters. The summed E-state index contributed by atoms with van der Waals surface area (Å²) in [6, 6.07) is 26.6. The topological polar surface area (TPSA) is 95.5 Å². The predicted octanol–water partition coefficient (Wildman–Crippen LogP) is 5.96. The molecular formula is C32H30N2O6. The third-order valence-electron chi connectivity index (χ3n) is 5.81. The fourth-order valence-electron chi connectivity index (χ4n) is 3.64. The van der Waals surface area contributed by atoms with E-state index in [1.54, 1.807) is 66.7 Å². The SMILES string of the molecule is CCOc1ccc(C(=O)Oc2ccc(/C=N\NC(=O)c3ccc(OCc4ccc(C)cc4)cc3)cc2OC)cc1. The zero-order chi connectivity index (χ0) is 28.3. The first kappa shape index (κ1) is 27.9. The van der Waals surface area contributed by atoms with E-state index in [2.05, 4.69) is 10.5 Å². The fourth-order valence-corrected chi connectivity index (χ4v) is 3.64. The van der Waals surface area contributed by atoms with E-state index < -0.39 is 5.97 Å². The van der Waals surface area contributed by atoms with Crippen molar-refractivity contribution >= 4 is 18.1 Å². The molecule has 8 nitrogen and oxygen atoms in total. The Morgan fingerprint density at radius 1 is 0.800 bits per heavy atom. The molecule has 8 heteroatoms. The maximum absolute atomic E-state index is 12.6. The predicted molar refractivity (Wildman–Crippen MR) is 153 cm³/mol. The van der Waals surface area contributed by atoms with Crippen LogP contribution in [0.1, 0.15) is 44.3 Å². The van der Waals surface area contributed by atoms with E-state index in [0.29, 0.717) is 47.2 Å². The van der Waals surface area contributed by atoms with E-state index in [1.807, 2.05) is 38.1 Å². The van der Waals surface area contributed by atoms with E-state index in [4.69, 9.17) is 18.9 Å². The smallest absolute Gasteiger partial charge is 0.343 e. The van der Waals surface area contributed by atoms with Gasteiger partial charge in [0.15, 0.2) is 11.5 Å². The zero-order valence-corrected chi connectivity index (χ0v) is 22.5. The number of carbonyl (C=O) groups excluding carboxylic acids is 2. The number of hydrogen-bond acceptors (Lipinski definition) is 7. The highest BCUT2D eigenvalue weighted by atomic mass is 16.6. The Labute approximate surface area is 233 Å². The van der Waals surface area contributed by atoms with E-state index in [0.717, 1.165) is 5.56 Å². The van der Waals surface area contributed by atoms with Crippen LogP contribution in [0.2, 0.25) is 0 Å². The van der Waals surface area contributed by atoms with Gasteiger partial charge in [-0.1, -0.05) is 29.8 Å². The molecule has 4 rings (SSSR count). The highest BCUT2D eigenvalue weighted by Crippen LogP contribution is 2.28. The molecule has 4 aromatic rings. The molecule has 0 fully saturated rings. The molecule has 0 spiro atoms. The highest BCUT2D eigenvalue weighted by Gasteiger charge is 2.13. The zero-order valence-electron chi connectivity index (χ0n) is 22.5. The number of esters is 1. The Balaban J connectivity index is 1.30. The Morgan fingerprint density at radius 3 is 2.10 bits per heavy atom. The first-order valence-corrected chi connectivity index (χ1v) is 12.7. The van der Waals surface area contributed by atoms with Crippen LogP contribution in [-0.4, -0.2) is 31.8 Å². The normalized spacial score (nSPS) is 10.7. The number of carbonyl (C=O) groups is 2. The lowest BCUT2D eigenvalue weighted by atomic mass is 10.2. The van der Waals surface area contributed by atoms with Crippen LogP contribution in [-0.2, 0) is 6.61 Å². The fraction of sp³-hybridized carbons (Fsp3) is 0.156. The van der Waals surface area contributed by atoms with Crippen molar-refractivity contribution < 1.29 is 28.5 Å². The second-order valence-electron chi connectivity index (χ2n) is 8.75. The molecule has 1 amide bonds. The van der Waals surface area contributed by atoms with Crippen molar-refractivity contribution in [1.82, 2.24) is 5.43 Å². The number of benzene rings is 4. The van der Waals surface area contributed by atoms with Gasteiger partial charge < -0.3 is 18.9 Å². The summed E-state index contributed by atoms with van der Waals surface area (Å²) >= 11 is 0. The van der Waals surface area contributed by atoms with Crippen molar-refractivity contribution in [3.05, 3.63) is 119 Å². The van der Waals surface area contributed by atoms with Crippen LogP contribution in [0.4, 0.5) is 0 Å². The minimum absolute atomic E-state index is 0.257. The van der Waals surface area contributed by atoms with Gasteiger partial charge in [0, 0.05) is 5.56 Å². The minimum Gasteiger partial charge on any atom is -0.494 e. The minimum atomic E-state index is -0.526. The third-order valence-corrected chi connectivity index (χ3v) is 5.81. The summed E-state index contributed by atoms with van der Waals surface area (Å²) in [5.74, 6) is 1.04. The van der Waals surface area contributed by atoms with Gasteiger partial charge in [-0.05, 0) is 91.7 Å². The van der Waals surface area contributed by atoms with Crippen LogP contribution in [0, 0.1) is 6.92 Å². The number of nitrogens with one attached hydrogen (secondary N) is 1. The van der Waals surface area contributed by atoms with Crippen LogP contribution in [0.15, 0.2) is 96.1 Å². The standard InChI is InChI=1S/C32H30N2O6/c1-4-38-27-16-12-26(13-17-27)32(36)40-29-18-9-24(19-30(29)37-3)20-33-34-31(35)25-10-14-28(15-11-25)39-21-23-7-5-22(2)6-8-23/h5-20H,4,21H2,1-3H3,(H,34,35)/b33-20-. The van der Waals surface area contributed by atoms with Crippen molar-refractivity contribution in [3.8, 4) is 23.0 Å². The molecular weight excluding hydrogens is 508 g/mol. The lowest BCUT2D eigenvalue weighted by molar-refractivity contribution is 0.0729. The molecule has 0 unspecified atom stereocenters. The van der Waals surface area contributed by atoms with Crippen LogP contribution >= 0.6 is 0 Å². The van der Waals surface area contributed by atoms with Gasteiger partial charge >= 0.3 is 5.97 Å². The molecule has 40 heavy (non-hydrogen) atoms. The Bertz CT molecular complexity index is 1460. The summed E-state index contributed by atoms with van der Waals surface area (Å²) in [5, 5.41) is 4.03. The van der Waals surface area contributed by atoms with Crippen molar-refractivity contribution in [1.29, 1.82) is 0 Å². The monoisotopic (exact) mass is 538 g/mol. The van der Waals surface area contributed by atoms with E-state index in [9.17, 15) is 9.59 Å². The van der Waals surface area contributed by atoms with Gasteiger partial charge in [0.2, 0.25) is 0 Å². The lowest BCUT2D eigenvalue weighted by Gasteiger charge is -2.10. The summed E-state index contributed by atoms with van der Waals surface area (Å²) < 4.78 is 22.1. The number of methoxy groups -OCH3 is 1. The number of rotatable bonds is 11. The molecule has 0 heterocycles. The maximum atomic E-state index is 12.6. The maximum Gasteiger partial charge on any atom is 0.343 e. The highest BCUT2D eigenvalue weighted by molar-refractivity contribution is 5.95. The molecule has 0 saturated carbocycles. The lowest BCUT2D eigenvalue weighted by Crippen LogP contribution is -2.17. The van der Waals surface area contributed by atoms with Crippen LogP contribution in [0.5, 0.6) is 23.0 Å². The van der Waals surface area contributed by atoms with E-state index in [-0.39, 0.29) is 11.7 Å². The first-order chi connectivity index (χ1) is 19.4. The number of hydrazone groups is 1. The van der Waals surface area contributed by atoms with Crippen molar-refractivity contribution in [2.45, 2.75) is 20.5 Å². The summed E-state index contributed by atoms with van der Waals surface area (Å²) in [6.45, 7) is 4.91. The van der Waals surface area contributed by atoms with Gasteiger partial charge in [0.25, 0.3) is 5.91 Å². The van der Waals surface area contributed by atoms with Crippen LogP contribution < -0.4 is 24.4 Å². The molecule has 0 aliphatic rings. The number of ether oxygens (including phenoxy) is 4. The molecule has 0 aliphatic heterocycles. The summed E-state index contributed by atoms with van der Waals surface area (Å²) in [6.07, 6.45) is 1.47.